The highest BCUT2D eigenvalue weighted by molar-refractivity contribution is 7.91. The summed E-state index contributed by atoms with van der Waals surface area (Å²) >= 11 is 0. The van der Waals surface area contributed by atoms with Crippen molar-refractivity contribution < 1.29 is 18.0 Å². The first-order valence-corrected chi connectivity index (χ1v) is 11.6. The van der Waals surface area contributed by atoms with Crippen molar-refractivity contribution in [3.05, 3.63) is 0 Å². The zero-order valence-corrected chi connectivity index (χ0v) is 16.3. The van der Waals surface area contributed by atoms with Crippen LogP contribution in [0.4, 0.5) is 0 Å². The summed E-state index contributed by atoms with van der Waals surface area (Å²) in [7, 11) is -3.10. The Balaban J connectivity index is 1.58. The lowest BCUT2D eigenvalue weighted by atomic mass is 9.83. The molecule has 26 heavy (non-hydrogen) atoms. The summed E-state index contributed by atoms with van der Waals surface area (Å²) in [6.07, 6.45) is 7.69. The van der Waals surface area contributed by atoms with E-state index in [2.05, 4.69) is 17.3 Å². The molecule has 0 aromatic carbocycles. The van der Waals surface area contributed by atoms with E-state index in [-0.39, 0.29) is 35.8 Å². The number of hydrogen-bond donors (Lipinski definition) is 1. The number of nitrogens with zero attached hydrogens (tertiary/aromatic N) is 2. The van der Waals surface area contributed by atoms with E-state index in [0.29, 0.717) is 18.6 Å². The second kappa shape index (κ2) is 8.06. The minimum absolute atomic E-state index is 0.0570. The molecule has 146 valence electrons. The van der Waals surface area contributed by atoms with Gasteiger partial charge in [0.15, 0.2) is 9.84 Å². The molecule has 2 amide bonds. The van der Waals surface area contributed by atoms with Crippen molar-refractivity contribution in [2.75, 3.05) is 11.5 Å². The second-order valence-corrected chi connectivity index (χ2v) is 10.1. The average molecular weight is 384 g/mol. The monoisotopic (exact) mass is 383 g/mol. The number of rotatable bonds is 5. The number of nitrogens with one attached hydrogen (secondary N) is 1. The lowest BCUT2D eigenvalue weighted by Crippen LogP contribution is -2.46. The quantitative estimate of drug-likeness (QED) is 0.780. The molecule has 2 aliphatic heterocycles. The Labute approximate surface area is 155 Å². The largest absolute Gasteiger partial charge is 0.348 e. The summed E-state index contributed by atoms with van der Waals surface area (Å²) < 4.78 is 23.4. The zero-order chi connectivity index (χ0) is 18.7. The van der Waals surface area contributed by atoms with Crippen molar-refractivity contribution in [2.45, 2.75) is 76.8 Å². The summed E-state index contributed by atoms with van der Waals surface area (Å²) in [6.45, 7) is 2.21. The molecular weight excluding hydrogens is 354 g/mol. The van der Waals surface area contributed by atoms with Crippen molar-refractivity contribution in [1.29, 1.82) is 0 Å². The first kappa shape index (κ1) is 19.3. The van der Waals surface area contributed by atoms with E-state index in [1.807, 2.05) is 0 Å². The number of hydrazone groups is 1. The SMILES string of the molecule is CCCC1CCC(NC(=O)C2=NN(C3CCS(=O)(=O)C3)C(=O)CC2)CC1. The van der Waals surface area contributed by atoms with Gasteiger partial charge in [-0.2, -0.15) is 5.10 Å². The van der Waals surface area contributed by atoms with Crippen LogP contribution in [-0.2, 0) is 19.4 Å². The fourth-order valence-corrected chi connectivity index (χ4v) is 5.95. The second-order valence-electron chi connectivity index (χ2n) is 7.82. The molecule has 1 saturated heterocycles. The van der Waals surface area contributed by atoms with Crippen LogP contribution in [0.1, 0.15) is 64.7 Å². The highest BCUT2D eigenvalue weighted by Gasteiger charge is 2.37. The highest BCUT2D eigenvalue weighted by atomic mass is 32.2. The summed E-state index contributed by atoms with van der Waals surface area (Å²) in [5.41, 5.74) is 0.351. The lowest BCUT2D eigenvalue weighted by Gasteiger charge is -2.30. The molecule has 0 aromatic rings. The Morgan fingerprint density at radius 3 is 2.54 bits per heavy atom. The van der Waals surface area contributed by atoms with Gasteiger partial charge in [-0.15, -0.1) is 0 Å². The van der Waals surface area contributed by atoms with Crippen LogP contribution in [0.5, 0.6) is 0 Å². The number of sulfone groups is 1. The predicted octanol–water partition coefficient (Wildman–Crippen LogP) is 1.63. The molecule has 0 aromatic heterocycles. The van der Waals surface area contributed by atoms with Gasteiger partial charge in [-0.25, -0.2) is 13.4 Å². The van der Waals surface area contributed by atoms with Crippen LogP contribution in [0.3, 0.4) is 0 Å². The van der Waals surface area contributed by atoms with E-state index in [4.69, 9.17) is 0 Å². The number of carbonyl (C=O) groups is 2. The first-order valence-electron chi connectivity index (χ1n) is 9.78. The third kappa shape index (κ3) is 4.64. The molecule has 8 heteroatoms. The van der Waals surface area contributed by atoms with Crippen LogP contribution >= 0.6 is 0 Å². The third-order valence-corrected chi connectivity index (χ3v) is 7.51. The van der Waals surface area contributed by atoms with Gasteiger partial charge in [-0.3, -0.25) is 9.59 Å². The average Bonchev–Trinajstić information content (AvgIpc) is 2.97. The molecule has 0 bridgehead atoms. The minimum Gasteiger partial charge on any atom is -0.348 e. The van der Waals surface area contributed by atoms with E-state index in [1.54, 1.807) is 0 Å². The van der Waals surface area contributed by atoms with E-state index < -0.39 is 15.9 Å². The molecule has 1 N–H and O–H groups in total. The molecule has 1 saturated carbocycles. The van der Waals surface area contributed by atoms with Crippen molar-refractivity contribution in [2.24, 2.45) is 11.0 Å². The Morgan fingerprint density at radius 2 is 1.92 bits per heavy atom. The summed E-state index contributed by atoms with van der Waals surface area (Å²) in [4.78, 5) is 24.7. The first-order chi connectivity index (χ1) is 12.4. The number of hydrogen-bond acceptors (Lipinski definition) is 5. The van der Waals surface area contributed by atoms with Crippen molar-refractivity contribution in [3.8, 4) is 0 Å². The minimum atomic E-state index is -3.10. The fraction of sp³-hybridized carbons (Fsp3) is 0.833. The molecule has 1 atom stereocenters. The zero-order valence-electron chi connectivity index (χ0n) is 15.4. The Morgan fingerprint density at radius 1 is 1.19 bits per heavy atom. The van der Waals surface area contributed by atoms with Crippen LogP contribution in [0.15, 0.2) is 5.10 Å². The van der Waals surface area contributed by atoms with E-state index in [9.17, 15) is 18.0 Å². The van der Waals surface area contributed by atoms with Crippen LogP contribution < -0.4 is 5.32 Å². The van der Waals surface area contributed by atoms with E-state index in [0.717, 1.165) is 31.6 Å². The molecule has 1 unspecified atom stereocenters. The standard InChI is InChI=1S/C18H29N3O4S/c1-2-3-13-4-6-14(7-5-13)19-18(23)16-8-9-17(22)21(20-16)15-10-11-26(24,25)12-15/h13-15H,2-12H2,1H3,(H,19,23). The van der Waals surface area contributed by atoms with Gasteiger partial charge in [0.2, 0.25) is 5.91 Å². The molecule has 0 spiro atoms. The molecular formula is C18H29N3O4S. The summed E-state index contributed by atoms with van der Waals surface area (Å²) in [6, 6.07) is -0.253. The number of carbonyl (C=O) groups excluding carboxylic acids is 2. The van der Waals surface area contributed by atoms with Crippen molar-refractivity contribution in [1.82, 2.24) is 10.3 Å². The topological polar surface area (TPSA) is 95.9 Å². The van der Waals surface area contributed by atoms with Gasteiger partial charge >= 0.3 is 0 Å². The Kier molecular flexibility index (Phi) is 5.99. The van der Waals surface area contributed by atoms with Gasteiger partial charge in [0, 0.05) is 18.9 Å². The molecule has 2 fully saturated rings. The van der Waals surface area contributed by atoms with Gasteiger partial charge in [0.25, 0.3) is 5.91 Å². The van der Waals surface area contributed by atoms with Crippen LogP contribution in [0.2, 0.25) is 0 Å². The molecule has 7 nitrogen and oxygen atoms in total. The van der Waals surface area contributed by atoms with Gasteiger partial charge in [-0.05, 0) is 38.0 Å². The lowest BCUT2D eigenvalue weighted by molar-refractivity contribution is -0.133. The van der Waals surface area contributed by atoms with Crippen molar-refractivity contribution >= 4 is 27.4 Å². The molecule has 0 radical (unpaired) electrons. The summed E-state index contributed by atoms with van der Waals surface area (Å²) in [5.74, 6) is 0.404. The molecule has 3 rings (SSSR count). The smallest absolute Gasteiger partial charge is 0.267 e. The molecule has 1 aliphatic carbocycles. The maximum atomic E-state index is 12.6. The Bertz CT molecular complexity index is 681. The highest BCUT2D eigenvalue weighted by Crippen LogP contribution is 2.28. The summed E-state index contributed by atoms with van der Waals surface area (Å²) in [5, 5.41) is 8.56. The predicted molar refractivity (Wildman–Crippen MR) is 99.4 cm³/mol. The Hall–Kier alpha value is -1.44. The maximum absolute atomic E-state index is 12.6. The maximum Gasteiger partial charge on any atom is 0.267 e. The number of amides is 2. The van der Waals surface area contributed by atoms with E-state index in [1.165, 1.54) is 17.9 Å². The van der Waals surface area contributed by atoms with Gasteiger partial charge in [-0.1, -0.05) is 19.8 Å². The van der Waals surface area contributed by atoms with Crippen LogP contribution in [0, 0.1) is 5.92 Å². The molecule has 3 aliphatic rings. The van der Waals surface area contributed by atoms with E-state index >= 15 is 0 Å². The molecule has 2 heterocycles. The van der Waals surface area contributed by atoms with Crippen LogP contribution in [0.25, 0.3) is 0 Å². The van der Waals surface area contributed by atoms with Gasteiger partial charge < -0.3 is 5.32 Å². The van der Waals surface area contributed by atoms with Gasteiger partial charge in [0.05, 0.1) is 17.5 Å². The third-order valence-electron chi connectivity index (χ3n) is 5.75. The van der Waals surface area contributed by atoms with Crippen molar-refractivity contribution in [3.63, 3.8) is 0 Å². The normalized spacial score (nSPS) is 31.6. The van der Waals surface area contributed by atoms with Gasteiger partial charge in [0.1, 0.15) is 5.71 Å². The fourth-order valence-electron chi connectivity index (χ4n) is 4.26. The van der Waals surface area contributed by atoms with Crippen LogP contribution in [-0.4, -0.2) is 54.5 Å².